The van der Waals surface area contributed by atoms with Gasteiger partial charge in [0.25, 0.3) is 5.91 Å². The lowest BCUT2D eigenvalue weighted by molar-refractivity contribution is -0.00688. The molecular weight excluding hydrogens is 350 g/mol. The lowest BCUT2D eigenvalue weighted by Gasteiger charge is -2.32. The Hall–Kier alpha value is -2.92. The Morgan fingerprint density at radius 2 is 1.96 bits per heavy atom. The van der Waals surface area contributed by atoms with E-state index < -0.39 is 0 Å². The molecule has 1 N–H and O–H groups in total. The van der Waals surface area contributed by atoms with Gasteiger partial charge in [0.1, 0.15) is 5.69 Å². The van der Waals surface area contributed by atoms with E-state index in [1.54, 1.807) is 0 Å². The van der Waals surface area contributed by atoms with Crippen LogP contribution in [0.4, 0.5) is 0 Å². The van der Waals surface area contributed by atoms with Crippen molar-refractivity contribution in [3.05, 3.63) is 77.5 Å². The van der Waals surface area contributed by atoms with E-state index >= 15 is 0 Å². The third-order valence-corrected chi connectivity index (χ3v) is 5.15. The number of hydrogen-bond acceptors (Lipinski definition) is 3. The highest BCUT2D eigenvalue weighted by Crippen LogP contribution is 2.21. The fourth-order valence-electron chi connectivity index (χ4n) is 3.52. The summed E-state index contributed by atoms with van der Waals surface area (Å²) in [7, 11) is 0. The minimum atomic E-state index is -0.0149. The predicted octanol–water partition coefficient (Wildman–Crippen LogP) is 4.21. The van der Waals surface area contributed by atoms with Gasteiger partial charge in [0, 0.05) is 18.7 Å². The second-order valence-electron chi connectivity index (χ2n) is 7.34. The van der Waals surface area contributed by atoms with Crippen molar-refractivity contribution in [3.63, 3.8) is 0 Å². The number of aromatic amines is 1. The van der Waals surface area contributed by atoms with Crippen LogP contribution in [0.2, 0.25) is 0 Å². The third-order valence-electron chi connectivity index (χ3n) is 5.15. The number of nitrogens with one attached hydrogen (secondary N) is 1. The largest absolute Gasteiger partial charge is 0.372 e. The highest BCUT2D eigenvalue weighted by atomic mass is 16.5. The Morgan fingerprint density at radius 3 is 2.75 bits per heavy atom. The van der Waals surface area contributed by atoms with Gasteiger partial charge in [-0.1, -0.05) is 60.2 Å². The first-order chi connectivity index (χ1) is 13.7. The van der Waals surface area contributed by atoms with E-state index in [4.69, 9.17) is 4.74 Å². The first-order valence-electron chi connectivity index (χ1n) is 9.76. The van der Waals surface area contributed by atoms with Crippen LogP contribution in [-0.2, 0) is 11.3 Å². The van der Waals surface area contributed by atoms with Crippen LogP contribution in [0.25, 0.3) is 11.3 Å². The van der Waals surface area contributed by atoms with Gasteiger partial charge in [0.05, 0.1) is 18.4 Å². The molecule has 0 spiro atoms. The number of benzene rings is 2. The van der Waals surface area contributed by atoms with E-state index in [1.165, 1.54) is 5.56 Å². The van der Waals surface area contributed by atoms with Gasteiger partial charge in [-0.15, -0.1) is 0 Å². The van der Waals surface area contributed by atoms with Gasteiger partial charge in [-0.2, -0.15) is 5.10 Å². The summed E-state index contributed by atoms with van der Waals surface area (Å²) in [5.41, 5.74) is 4.67. The number of carbonyl (C=O) groups excluding carboxylic acids is 1. The molecule has 0 aliphatic carbocycles. The summed E-state index contributed by atoms with van der Waals surface area (Å²) in [5, 5.41) is 7.23. The summed E-state index contributed by atoms with van der Waals surface area (Å²) in [6, 6.07) is 20.1. The fourth-order valence-corrected chi connectivity index (χ4v) is 3.52. The van der Waals surface area contributed by atoms with E-state index in [2.05, 4.69) is 29.3 Å². The van der Waals surface area contributed by atoms with Gasteiger partial charge in [0.2, 0.25) is 0 Å². The molecule has 0 saturated carbocycles. The number of rotatable bonds is 5. The summed E-state index contributed by atoms with van der Waals surface area (Å²) in [4.78, 5) is 14.8. The maximum Gasteiger partial charge on any atom is 0.271 e. The van der Waals surface area contributed by atoms with Crippen LogP contribution < -0.4 is 0 Å². The van der Waals surface area contributed by atoms with Crippen molar-refractivity contribution in [2.45, 2.75) is 32.5 Å². The van der Waals surface area contributed by atoms with Crippen LogP contribution >= 0.6 is 0 Å². The molecule has 0 unspecified atom stereocenters. The zero-order chi connectivity index (χ0) is 19.3. The average molecular weight is 375 g/mol. The van der Waals surface area contributed by atoms with Crippen LogP contribution in [0.3, 0.4) is 0 Å². The summed E-state index contributed by atoms with van der Waals surface area (Å²) < 4.78 is 6.05. The number of piperidine rings is 1. The molecule has 1 atom stereocenters. The Bertz CT molecular complexity index is 919. The summed E-state index contributed by atoms with van der Waals surface area (Å²) in [6.07, 6.45) is 2.00. The van der Waals surface area contributed by atoms with Crippen LogP contribution in [0, 0.1) is 6.92 Å². The first kappa shape index (κ1) is 18.4. The lowest BCUT2D eigenvalue weighted by Crippen LogP contribution is -2.43. The maximum absolute atomic E-state index is 12.9. The molecule has 2 heterocycles. The van der Waals surface area contributed by atoms with Crippen molar-refractivity contribution in [1.29, 1.82) is 0 Å². The predicted molar refractivity (Wildman–Crippen MR) is 109 cm³/mol. The molecule has 0 bridgehead atoms. The van der Waals surface area contributed by atoms with Gasteiger partial charge >= 0.3 is 0 Å². The number of amides is 1. The number of aryl methyl sites for hydroxylation is 1. The minimum absolute atomic E-state index is 0.0149. The number of nitrogens with zero attached hydrogens (tertiary/aromatic N) is 2. The number of likely N-dealkylation sites (tertiary alicyclic amines) is 1. The van der Waals surface area contributed by atoms with E-state index in [0.29, 0.717) is 18.8 Å². The van der Waals surface area contributed by atoms with E-state index in [1.807, 2.05) is 53.4 Å². The van der Waals surface area contributed by atoms with Crippen LogP contribution in [0.1, 0.15) is 34.5 Å². The quantitative estimate of drug-likeness (QED) is 0.727. The molecule has 2 aromatic carbocycles. The van der Waals surface area contributed by atoms with Gasteiger partial charge < -0.3 is 9.64 Å². The zero-order valence-corrected chi connectivity index (χ0v) is 16.1. The monoisotopic (exact) mass is 375 g/mol. The van der Waals surface area contributed by atoms with Crippen molar-refractivity contribution in [1.82, 2.24) is 15.1 Å². The molecular formula is C23H25N3O2. The molecule has 28 heavy (non-hydrogen) atoms. The first-order valence-corrected chi connectivity index (χ1v) is 9.76. The number of carbonyl (C=O) groups is 1. The van der Waals surface area contributed by atoms with Crippen LogP contribution in [0.15, 0.2) is 60.7 Å². The van der Waals surface area contributed by atoms with E-state index in [-0.39, 0.29) is 12.0 Å². The van der Waals surface area contributed by atoms with Crippen LogP contribution in [0.5, 0.6) is 0 Å². The molecule has 1 aliphatic rings. The number of hydrogen-bond donors (Lipinski definition) is 1. The molecule has 1 saturated heterocycles. The molecule has 5 nitrogen and oxygen atoms in total. The molecule has 3 aromatic rings. The standard InChI is InChI=1S/C23H25N3O2/c1-17-9-11-19(12-10-17)21-14-22(25-24-21)23(27)26-13-5-8-20(15-26)28-16-18-6-3-2-4-7-18/h2-4,6-7,9-12,14,20H,5,8,13,15-16H2,1H3,(H,24,25)/t20-/m1/s1. The van der Waals surface area contributed by atoms with Gasteiger partial charge in [-0.3, -0.25) is 9.89 Å². The zero-order valence-electron chi connectivity index (χ0n) is 16.1. The fraction of sp³-hybridized carbons (Fsp3) is 0.304. The Balaban J connectivity index is 1.38. The summed E-state index contributed by atoms with van der Waals surface area (Å²) in [5.74, 6) is -0.0149. The van der Waals surface area contributed by atoms with E-state index in [0.717, 1.165) is 36.2 Å². The van der Waals surface area contributed by atoms with Crippen molar-refractivity contribution in [2.24, 2.45) is 0 Å². The number of H-pyrrole nitrogens is 1. The molecule has 144 valence electrons. The minimum Gasteiger partial charge on any atom is -0.372 e. The van der Waals surface area contributed by atoms with Crippen molar-refractivity contribution in [3.8, 4) is 11.3 Å². The highest BCUT2D eigenvalue weighted by Gasteiger charge is 2.26. The molecule has 5 heteroatoms. The second kappa shape index (κ2) is 8.40. The highest BCUT2D eigenvalue weighted by molar-refractivity contribution is 5.93. The topological polar surface area (TPSA) is 58.2 Å². The average Bonchev–Trinajstić information content (AvgIpc) is 3.23. The van der Waals surface area contributed by atoms with Gasteiger partial charge in [-0.25, -0.2) is 0 Å². The molecule has 1 aliphatic heterocycles. The molecule has 4 rings (SSSR count). The summed E-state index contributed by atoms with van der Waals surface area (Å²) >= 11 is 0. The number of aromatic nitrogens is 2. The Labute approximate surface area is 165 Å². The molecule has 1 fully saturated rings. The number of ether oxygens (including phenoxy) is 1. The maximum atomic E-state index is 12.9. The third kappa shape index (κ3) is 4.31. The van der Waals surface area contributed by atoms with Gasteiger partial charge in [0.15, 0.2) is 0 Å². The molecule has 1 aromatic heterocycles. The Morgan fingerprint density at radius 1 is 1.18 bits per heavy atom. The van der Waals surface area contributed by atoms with Crippen molar-refractivity contribution >= 4 is 5.91 Å². The summed E-state index contributed by atoms with van der Waals surface area (Å²) in [6.45, 7) is 4.00. The molecule has 0 radical (unpaired) electrons. The SMILES string of the molecule is Cc1ccc(-c2cc(C(=O)N3CCC[C@@H](OCc4ccccc4)C3)[nH]n2)cc1. The van der Waals surface area contributed by atoms with Crippen molar-refractivity contribution in [2.75, 3.05) is 13.1 Å². The Kier molecular flexibility index (Phi) is 5.53. The lowest BCUT2D eigenvalue weighted by atomic mass is 10.1. The van der Waals surface area contributed by atoms with Crippen LogP contribution in [-0.4, -0.2) is 40.2 Å². The van der Waals surface area contributed by atoms with Crippen molar-refractivity contribution < 1.29 is 9.53 Å². The smallest absolute Gasteiger partial charge is 0.271 e. The molecule has 1 amide bonds. The van der Waals surface area contributed by atoms with E-state index in [9.17, 15) is 4.79 Å². The normalized spacial score (nSPS) is 16.9. The van der Waals surface area contributed by atoms with Gasteiger partial charge in [-0.05, 0) is 31.4 Å². The second-order valence-corrected chi connectivity index (χ2v) is 7.34.